The van der Waals surface area contributed by atoms with Gasteiger partial charge in [-0.15, -0.1) is 11.6 Å². The predicted octanol–water partition coefficient (Wildman–Crippen LogP) is 2.57. The van der Waals surface area contributed by atoms with E-state index in [4.69, 9.17) is 16.3 Å². The van der Waals surface area contributed by atoms with Crippen LogP contribution in [0, 0.1) is 0 Å². The first-order valence-electron chi connectivity index (χ1n) is 5.81. The summed E-state index contributed by atoms with van der Waals surface area (Å²) in [6.07, 6.45) is 1.16. The van der Waals surface area contributed by atoms with Crippen molar-refractivity contribution in [2.75, 3.05) is 0 Å². The second-order valence-electron chi connectivity index (χ2n) is 3.90. The highest BCUT2D eigenvalue weighted by molar-refractivity contribution is 6.16. The minimum absolute atomic E-state index is 0.248. The predicted molar refractivity (Wildman–Crippen MR) is 71.6 cm³/mol. The molecule has 0 saturated carbocycles. The highest BCUT2D eigenvalue weighted by Crippen LogP contribution is 2.02. The van der Waals surface area contributed by atoms with Crippen molar-refractivity contribution in [1.82, 2.24) is 15.3 Å². The molecule has 1 aromatic heterocycles. The normalized spacial score (nSPS) is 10.2. The Labute approximate surface area is 116 Å². The van der Waals surface area contributed by atoms with Crippen LogP contribution < -0.4 is 5.32 Å². The van der Waals surface area contributed by atoms with Crippen LogP contribution in [0.4, 0.5) is 4.79 Å². The van der Waals surface area contributed by atoms with Crippen molar-refractivity contribution in [1.29, 1.82) is 0 Å². The molecule has 1 amide bonds. The largest absolute Gasteiger partial charge is 0.445 e. The van der Waals surface area contributed by atoms with Crippen molar-refractivity contribution >= 4 is 17.7 Å². The Morgan fingerprint density at radius 1 is 1.37 bits per heavy atom. The standard InChI is InChI=1S/C13H14ClN3O2/c14-6-11-7-15-12(17-11)8-16-13(18)19-9-10-4-2-1-3-5-10/h1-5,7H,6,8-9H2,(H,15,17)(H,16,18). The first-order valence-corrected chi connectivity index (χ1v) is 6.34. The van der Waals surface area contributed by atoms with Crippen LogP contribution in [0.1, 0.15) is 17.1 Å². The molecule has 0 aliphatic rings. The summed E-state index contributed by atoms with van der Waals surface area (Å²) in [5.41, 5.74) is 1.76. The molecule has 0 aliphatic carbocycles. The van der Waals surface area contributed by atoms with E-state index in [2.05, 4.69) is 15.3 Å². The summed E-state index contributed by atoms with van der Waals surface area (Å²) in [7, 11) is 0. The van der Waals surface area contributed by atoms with E-state index in [9.17, 15) is 4.79 Å². The van der Waals surface area contributed by atoms with Crippen LogP contribution in [0.5, 0.6) is 0 Å². The molecule has 0 saturated heterocycles. The summed E-state index contributed by atoms with van der Waals surface area (Å²) in [5.74, 6) is 1.01. The number of nitrogens with zero attached hydrogens (tertiary/aromatic N) is 1. The number of hydrogen-bond acceptors (Lipinski definition) is 3. The molecule has 0 spiro atoms. The van der Waals surface area contributed by atoms with Crippen molar-refractivity contribution < 1.29 is 9.53 Å². The first-order chi connectivity index (χ1) is 9.28. The third kappa shape index (κ3) is 4.30. The van der Waals surface area contributed by atoms with Gasteiger partial charge in [0.25, 0.3) is 0 Å². The fourth-order valence-corrected chi connectivity index (χ4v) is 1.63. The van der Waals surface area contributed by atoms with Gasteiger partial charge in [-0.2, -0.15) is 0 Å². The molecule has 6 heteroatoms. The molecule has 1 aromatic carbocycles. The molecular weight excluding hydrogens is 266 g/mol. The Morgan fingerprint density at radius 3 is 2.84 bits per heavy atom. The molecule has 19 heavy (non-hydrogen) atoms. The number of rotatable bonds is 5. The van der Waals surface area contributed by atoms with Crippen LogP contribution >= 0.6 is 11.6 Å². The minimum Gasteiger partial charge on any atom is -0.445 e. The van der Waals surface area contributed by atoms with Crippen LogP contribution in [0.2, 0.25) is 0 Å². The highest BCUT2D eigenvalue weighted by atomic mass is 35.5. The number of halogens is 1. The van der Waals surface area contributed by atoms with E-state index < -0.39 is 6.09 Å². The average molecular weight is 280 g/mol. The van der Waals surface area contributed by atoms with E-state index in [1.54, 1.807) is 6.20 Å². The van der Waals surface area contributed by atoms with Gasteiger partial charge < -0.3 is 15.0 Å². The van der Waals surface area contributed by atoms with E-state index in [-0.39, 0.29) is 13.2 Å². The third-order valence-corrected chi connectivity index (χ3v) is 2.73. The Morgan fingerprint density at radius 2 is 2.16 bits per heavy atom. The molecule has 0 radical (unpaired) electrons. The van der Waals surface area contributed by atoms with Crippen LogP contribution in [0.15, 0.2) is 36.5 Å². The first kappa shape index (κ1) is 13.4. The summed E-state index contributed by atoms with van der Waals surface area (Å²) >= 11 is 5.64. The van der Waals surface area contributed by atoms with Crippen molar-refractivity contribution in [3.05, 3.63) is 53.6 Å². The average Bonchev–Trinajstić information content (AvgIpc) is 2.92. The molecule has 100 valence electrons. The highest BCUT2D eigenvalue weighted by Gasteiger charge is 2.04. The lowest BCUT2D eigenvalue weighted by Gasteiger charge is -2.05. The summed E-state index contributed by atoms with van der Waals surface area (Å²) < 4.78 is 5.07. The number of hydrogen-bond donors (Lipinski definition) is 2. The van der Waals surface area contributed by atoms with Gasteiger partial charge in [-0.1, -0.05) is 30.3 Å². The maximum Gasteiger partial charge on any atom is 0.407 e. The Kier molecular flexibility index (Phi) is 4.80. The van der Waals surface area contributed by atoms with Gasteiger partial charge in [0.05, 0.1) is 12.4 Å². The number of benzene rings is 1. The van der Waals surface area contributed by atoms with Crippen molar-refractivity contribution in [2.24, 2.45) is 0 Å². The van der Waals surface area contributed by atoms with Crippen molar-refractivity contribution in [2.45, 2.75) is 19.0 Å². The zero-order valence-electron chi connectivity index (χ0n) is 10.2. The minimum atomic E-state index is -0.479. The molecule has 0 atom stereocenters. The molecular formula is C13H14ClN3O2. The summed E-state index contributed by atoms with van der Waals surface area (Å²) in [6.45, 7) is 0.530. The fourth-order valence-electron chi connectivity index (χ4n) is 1.49. The zero-order chi connectivity index (χ0) is 13.5. The number of imidazole rings is 1. The Balaban J connectivity index is 1.73. The molecule has 2 rings (SSSR count). The van der Waals surface area contributed by atoms with Gasteiger partial charge in [-0.3, -0.25) is 0 Å². The zero-order valence-corrected chi connectivity index (χ0v) is 11.0. The van der Waals surface area contributed by atoms with Gasteiger partial charge in [0, 0.05) is 11.9 Å². The molecule has 0 unspecified atom stereocenters. The molecule has 5 nitrogen and oxygen atoms in total. The molecule has 2 N–H and O–H groups in total. The van der Waals surface area contributed by atoms with E-state index >= 15 is 0 Å². The van der Waals surface area contributed by atoms with Crippen LogP contribution in [-0.2, 0) is 23.8 Å². The van der Waals surface area contributed by atoms with E-state index in [0.717, 1.165) is 11.3 Å². The van der Waals surface area contributed by atoms with Crippen LogP contribution in [-0.4, -0.2) is 16.1 Å². The second kappa shape index (κ2) is 6.80. The molecule has 0 fully saturated rings. The van der Waals surface area contributed by atoms with Gasteiger partial charge >= 0.3 is 6.09 Å². The monoisotopic (exact) mass is 279 g/mol. The van der Waals surface area contributed by atoms with Gasteiger partial charge in [0.2, 0.25) is 0 Å². The van der Waals surface area contributed by atoms with Gasteiger partial charge in [0.1, 0.15) is 12.4 Å². The van der Waals surface area contributed by atoms with Gasteiger partial charge in [-0.25, -0.2) is 9.78 Å². The number of aromatic nitrogens is 2. The molecule has 1 heterocycles. The summed E-state index contributed by atoms with van der Waals surface area (Å²) in [4.78, 5) is 18.5. The molecule has 0 bridgehead atoms. The summed E-state index contributed by atoms with van der Waals surface area (Å²) in [5, 5.41) is 2.61. The van der Waals surface area contributed by atoms with E-state index in [1.807, 2.05) is 30.3 Å². The number of alkyl halides is 1. The van der Waals surface area contributed by atoms with Gasteiger partial charge in [0.15, 0.2) is 0 Å². The molecule has 0 aliphatic heterocycles. The maximum absolute atomic E-state index is 11.5. The Bertz CT molecular complexity index is 528. The number of carbonyl (C=O) groups is 1. The number of aromatic amines is 1. The lowest BCUT2D eigenvalue weighted by molar-refractivity contribution is 0.139. The van der Waals surface area contributed by atoms with Crippen LogP contribution in [0.25, 0.3) is 0 Å². The van der Waals surface area contributed by atoms with Crippen molar-refractivity contribution in [3.63, 3.8) is 0 Å². The number of nitrogens with one attached hydrogen (secondary N) is 2. The number of H-pyrrole nitrogens is 1. The topological polar surface area (TPSA) is 67.0 Å². The van der Waals surface area contributed by atoms with Gasteiger partial charge in [-0.05, 0) is 5.56 Å². The number of carbonyl (C=O) groups excluding carboxylic acids is 1. The second-order valence-corrected chi connectivity index (χ2v) is 4.17. The third-order valence-electron chi connectivity index (χ3n) is 2.44. The lowest BCUT2D eigenvalue weighted by atomic mass is 10.2. The van der Waals surface area contributed by atoms with Crippen molar-refractivity contribution in [3.8, 4) is 0 Å². The lowest BCUT2D eigenvalue weighted by Crippen LogP contribution is -2.24. The van der Waals surface area contributed by atoms with E-state index in [1.165, 1.54) is 0 Å². The number of alkyl carbamates (subject to hydrolysis) is 1. The van der Waals surface area contributed by atoms with E-state index in [0.29, 0.717) is 11.7 Å². The summed E-state index contributed by atoms with van der Waals surface area (Å²) in [6, 6.07) is 9.49. The number of ether oxygens (including phenoxy) is 1. The maximum atomic E-state index is 11.5. The fraction of sp³-hybridized carbons (Fsp3) is 0.231. The Hall–Kier alpha value is -2.01. The van der Waals surface area contributed by atoms with Crippen LogP contribution in [0.3, 0.4) is 0 Å². The smallest absolute Gasteiger partial charge is 0.407 e. The quantitative estimate of drug-likeness (QED) is 0.827. The molecule has 2 aromatic rings. The number of amides is 1. The SMILES string of the molecule is O=C(NCc1ncc(CCl)[nH]1)OCc1ccccc1.